The largest absolute Gasteiger partial charge is 0.343 e. The zero-order chi connectivity index (χ0) is 17.5. The Morgan fingerprint density at radius 3 is 2.50 bits per heavy atom. The number of benzene rings is 1. The minimum Gasteiger partial charge on any atom is -0.342 e. The zero-order valence-electron chi connectivity index (χ0n) is 14.4. The molecule has 2 rings (SSSR count). The van der Waals surface area contributed by atoms with Gasteiger partial charge in [-0.05, 0) is 25.8 Å². The number of likely N-dealkylation sites (N-methyl/N-ethyl adjacent to an activating group) is 1. The number of thioether (sulfide) groups is 1. The number of hydrogen-bond donors (Lipinski definition) is 1. The number of nitrogens with zero attached hydrogens (tertiary/aromatic N) is 3. The van der Waals surface area contributed by atoms with Gasteiger partial charge in [0.2, 0.25) is 5.91 Å². The van der Waals surface area contributed by atoms with E-state index in [-0.39, 0.29) is 11.6 Å². The third-order valence-corrected chi connectivity index (χ3v) is 5.03. The summed E-state index contributed by atoms with van der Waals surface area (Å²) < 4.78 is 1.59. The highest BCUT2D eigenvalue weighted by atomic mass is 32.2. The molecule has 1 N–H and O–H groups in total. The van der Waals surface area contributed by atoms with Crippen LogP contribution in [0.15, 0.2) is 40.3 Å². The summed E-state index contributed by atoms with van der Waals surface area (Å²) in [5, 5.41) is 6.73. The molecule has 0 aliphatic rings. The monoisotopic (exact) mass is 348 g/mol. The van der Waals surface area contributed by atoms with Gasteiger partial charge in [-0.3, -0.25) is 9.36 Å². The summed E-state index contributed by atoms with van der Waals surface area (Å²) in [6.07, 6.45) is 0.826. The summed E-state index contributed by atoms with van der Waals surface area (Å²) >= 11 is 1.33. The van der Waals surface area contributed by atoms with Gasteiger partial charge in [0.1, 0.15) is 5.25 Å². The smallest absolute Gasteiger partial charge is 0.342 e. The van der Waals surface area contributed by atoms with E-state index >= 15 is 0 Å². The number of H-pyrrole nitrogens is 1. The van der Waals surface area contributed by atoms with Gasteiger partial charge >= 0.3 is 5.69 Å². The van der Waals surface area contributed by atoms with Gasteiger partial charge < -0.3 is 4.90 Å². The van der Waals surface area contributed by atoms with E-state index < -0.39 is 5.25 Å². The van der Waals surface area contributed by atoms with E-state index in [1.165, 1.54) is 11.8 Å². The van der Waals surface area contributed by atoms with Crippen molar-refractivity contribution in [2.45, 2.75) is 44.1 Å². The molecule has 2 aromatic rings. The highest BCUT2D eigenvalue weighted by molar-refractivity contribution is 8.00. The number of aromatic amines is 1. The molecule has 1 heterocycles. The van der Waals surface area contributed by atoms with Gasteiger partial charge in [0.05, 0.1) is 0 Å². The van der Waals surface area contributed by atoms with Crippen LogP contribution in [0.1, 0.15) is 38.0 Å². The van der Waals surface area contributed by atoms with Crippen molar-refractivity contribution in [1.29, 1.82) is 0 Å². The molecule has 0 aliphatic carbocycles. The maximum atomic E-state index is 13.0. The number of hydrogen-bond acceptors (Lipinski definition) is 4. The Morgan fingerprint density at radius 2 is 1.92 bits per heavy atom. The summed E-state index contributed by atoms with van der Waals surface area (Å²) in [7, 11) is 0. The first-order valence-electron chi connectivity index (χ1n) is 8.27. The molecule has 1 aromatic heterocycles. The van der Waals surface area contributed by atoms with Crippen LogP contribution in [-0.2, 0) is 11.3 Å². The van der Waals surface area contributed by atoms with Crippen molar-refractivity contribution in [3.05, 3.63) is 46.4 Å². The van der Waals surface area contributed by atoms with Crippen molar-refractivity contribution in [3.63, 3.8) is 0 Å². The molecule has 1 amide bonds. The third-order valence-electron chi connectivity index (χ3n) is 3.80. The molecule has 0 radical (unpaired) electrons. The fraction of sp³-hybridized carbons (Fsp3) is 0.471. The van der Waals surface area contributed by atoms with E-state index in [0.29, 0.717) is 24.8 Å². The van der Waals surface area contributed by atoms with Crippen LogP contribution in [-0.4, -0.2) is 38.7 Å². The summed E-state index contributed by atoms with van der Waals surface area (Å²) in [5.41, 5.74) is 0.680. The van der Waals surface area contributed by atoms with Crippen molar-refractivity contribution in [2.75, 3.05) is 13.1 Å². The summed E-state index contributed by atoms with van der Waals surface area (Å²) in [6, 6.07) is 9.64. The van der Waals surface area contributed by atoms with Crippen LogP contribution in [0.25, 0.3) is 0 Å². The van der Waals surface area contributed by atoms with Crippen LogP contribution in [0, 0.1) is 0 Å². The van der Waals surface area contributed by atoms with Crippen LogP contribution < -0.4 is 5.69 Å². The van der Waals surface area contributed by atoms with Crippen molar-refractivity contribution >= 4 is 17.7 Å². The lowest BCUT2D eigenvalue weighted by molar-refractivity contribution is -0.130. The standard InChI is InChI=1S/C17H24N4O2S/c1-4-12-21-16(23)18-19-17(21)24-14(13-10-8-7-9-11-13)15(22)20(5-2)6-3/h7-11,14H,4-6,12H2,1-3H3,(H,18,23). The lowest BCUT2D eigenvalue weighted by Gasteiger charge is -2.24. The average Bonchev–Trinajstić information content (AvgIpc) is 2.95. The molecule has 0 saturated carbocycles. The minimum atomic E-state index is -0.420. The Bertz CT molecular complexity index is 707. The average molecular weight is 348 g/mol. The quantitative estimate of drug-likeness (QED) is 0.745. The first-order valence-corrected chi connectivity index (χ1v) is 9.15. The van der Waals surface area contributed by atoms with Crippen LogP contribution in [0.5, 0.6) is 0 Å². The number of carbonyl (C=O) groups is 1. The van der Waals surface area contributed by atoms with E-state index in [1.54, 1.807) is 9.47 Å². The Morgan fingerprint density at radius 1 is 1.25 bits per heavy atom. The fourth-order valence-electron chi connectivity index (χ4n) is 2.51. The molecule has 1 atom stereocenters. The third kappa shape index (κ3) is 4.08. The topological polar surface area (TPSA) is 71.0 Å². The maximum Gasteiger partial charge on any atom is 0.343 e. The zero-order valence-corrected chi connectivity index (χ0v) is 15.2. The first-order chi connectivity index (χ1) is 11.6. The molecule has 0 bridgehead atoms. The first kappa shape index (κ1) is 18.3. The predicted octanol–water partition coefficient (Wildman–Crippen LogP) is 2.68. The number of amides is 1. The van der Waals surface area contributed by atoms with E-state index in [2.05, 4.69) is 10.2 Å². The molecule has 0 spiro atoms. The van der Waals surface area contributed by atoms with Gasteiger partial charge in [-0.1, -0.05) is 49.0 Å². The van der Waals surface area contributed by atoms with Crippen molar-refractivity contribution in [1.82, 2.24) is 19.7 Å². The molecule has 6 nitrogen and oxygen atoms in total. The van der Waals surface area contributed by atoms with Crippen molar-refractivity contribution in [3.8, 4) is 0 Å². The second kappa shape index (κ2) is 8.73. The Labute approximate surface area is 146 Å². The number of aromatic nitrogens is 3. The molecule has 7 heteroatoms. The Hall–Kier alpha value is -2.02. The second-order valence-corrected chi connectivity index (χ2v) is 6.45. The van der Waals surface area contributed by atoms with Gasteiger partial charge in [-0.2, -0.15) is 0 Å². The molecule has 0 fully saturated rings. The highest BCUT2D eigenvalue weighted by Crippen LogP contribution is 2.35. The SMILES string of the molecule is CCCn1c(SC(C(=O)N(CC)CC)c2ccccc2)n[nH]c1=O. The van der Waals surface area contributed by atoms with Gasteiger partial charge in [-0.25, -0.2) is 9.89 Å². The van der Waals surface area contributed by atoms with Crippen LogP contribution in [0.4, 0.5) is 0 Å². The molecule has 24 heavy (non-hydrogen) atoms. The van der Waals surface area contributed by atoms with Crippen LogP contribution in [0.2, 0.25) is 0 Å². The highest BCUT2D eigenvalue weighted by Gasteiger charge is 2.27. The van der Waals surface area contributed by atoms with Crippen molar-refractivity contribution in [2.24, 2.45) is 0 Å². The van der Waals surface area contributed by atoms with Crippen LogP contribution in [0.3, 0.4) is 0 Å². The summed E-state index contributed by atoms with van der Waals surface area (Å²) in [4.78, 5) is 26.7. The second-order valence-electron chi connectivity index (χ2n) is 5.38. The van der Waals surface area contributed by atoms with E-state index in [9.17, 15) is 9.59 Å². The summed E-state index contributed by atoms with van der Waals surface area (Å²) in [5.74, 6) is 0.0368. The fourth-order valence-corrected chi connectivity index (χ4v) is 3.66. The summed E-state index contributed by atoms with van der Waals surface area (Å²) in [6.45, 7) is 7.83. The predicted molar refractivity (Wildman–Crippen MR) is 96.1 cm³/mol. The number of rotatable bonds is 8. The van der Waals surface area contributed by atoms with E-state index in [4.69, 9.17) is 0 Å². The normalized spacial score (nSPS) is 12.1. The Balaban J connectivity index is 2.37. The molecule has 0 saturated heterocycles. The van der Waals surface area contributed by atoms with Gasteiger partial charge in [-0.15, -0.1) is 5.10 Å². The van der Waals surface area contributed by atoms with Gasteiger partial charge in [0.25, 0.3) is 0 Å². The molecule has 1 aromatic carbocycles. The maximum absolute atomic E-state index is 13.0. The van der Waals surface area contributed by atoms with Crippen LogP contribution >= 0.6 is 11.8 Å². The molecule has 0 aliphatic heterocycles. The van der Waals surface area contributed by atoms with Gasteiger partial charge in [0, 0.05) is 19.6 Å². The van der Waals surface area contributed by atoms with Gasteiger partial charge in [0.15, 0.2) is 5.16 Å². The minimum absolute atomic E-state index is 0.0368. The Kier molecular flexibility index (Phi) is 6.66. The molecule has 130 valence electrons. The van der Waals surface area contributed by atoms with Crippen molar-refractivity contribution < 1.29 is 4.79 Å². The van der Waals surface area contributed by atoms with E-state index in [1.807, 2.05) is 51.1 Å². The molecular weight excluding hydrogens is 324 g/mol. The van der Waals surface area contributed by atoms with E-state index in [0.717, 1.165) is 12.0 Å². The number of nitrogens with one attached hydrogen (secondary N) is 1. The lowest BCUT2D eigenvalue weighted by atomic mass is 10.1. The lowest BCUT2D eigenvalue weighted by Crippen LogP contribution is -2.34. The number of carbonyl (C=O) groups excluding carboxylic acids is 1. The molecular formula is C17H24N4O2S. The molecule has 1 unspecified atom stereocenters.